The summed E-state index contributed by atoms with van der Waals surface area (Å²) >= 11 is 5.93. The summed E-state index contributed by atoms with van der Waals surface area (Å²) in [6, 6.07) is 3.29. The predicted molar refractivity (Wildman–Crippen MR) is 74.6 cm³/mol. The second-order valence-electron chi connectivity index (χ2n) is 4.62. The predicted octanol–water partition coefficient (Wildman–Crippen LogP) is 1.76. The molecule has 0 atom stereocenters. The van der Waals surface area contributed by atoms with Crippen molar-refractivity contribution in [1.29, 1.82) is 0 Å². The molecule has 1 fully saturated rings. The average Bonchev–Trinajstić information content (AvgIpc) is 2.38. The van der Waals surface area contributed by atoms with Gasteiger partial charge in [-0.2, -0.15) is 0 Å². The summed E-state index contributed by atoms with van der Waals surface area (Å²) in [5.41, 5.74) is 0.535. The monoisotopic (exact) mass is 283 g/mol. The number of hydrogen-bond acceptors (Lipinski definition) is 4. The molecule has 1 aliphatic rings. The number of carbonyl (C=O) groups excluding carboxylic acids is 1. The largest absolute Gasteiger partial charge is 0.393 e. The van der Waals surface area contributed by atoms with Gasteiger partial charge in [-0.15, -0.1) is 0 Å². The minimum absolute atomic E-state index is 0.0599. The topological polar surface area (TPSA) is 65.5 Å². The van der Waals surface area contributed by atoms with Crippen LogP contribution < -0.4 is 5.32 Å². The van der Waals surface area contributed by atoms with Crippen molar-refractivity contribution in [2.45, 2.75) is 25.9 Å². The first-order valence-corrected chi connectivity index (χ1v) is 6.86. The Labute approximate surface area is 117 Å². The fourth-order valence-electron chi connectivity index (χ4n) is 2.14. The molecule has 2 rings (SSSR count). The number of piperidine rings is 1. The summed E-state index contributed by atoms with van der Waals surface area (Å²) in [5.74, 6) is 0.547. The van der Waals surface area contributed by atoms with Crippen LogP contribution in [0.5, 0.6) is 0 Å². The molecule has 0 spiro atoms. The number of rotatable bonds is 3. The highest BCUT2D eigenvalue weighted by atomic mass is 35.5. The number of hydrogen-bond donors (Lipinski definition) is 2. The first kappa shape index (κ1) is 14.1. The Morgan fingerprint density at radius 3 is 2.84 bits per heavy atom. The molecule has 0 aromatic carbocycles. The summed E-state index contributed by atoms with van der Waals surface area (Å²) in [6.45, 7) is 3.83. The summed E-state index contributed by atoms with van der Waals surface area (Å²) in [4.78, 5) is 18.2. The van der Waals surface area contributed by atoms with Crippen molar-refractivity contribution in [1.82, 2.24) is 9.88 Å². The Morgan fingerprint density at radius 2 is 2.21 bits per heavy atom. The zero-order valence-electron chi connectivity index (χ0n) is 10.9. The van der Waals surface area contributed by atoms with E-state index in [1.807, 2.05) is 6.92 Å². The summed E-state index contributed by atoms with van der Waals surface area (Å²) in [7, 11) is 0. The van der Waals surface area contributed by atoms with Gasteiger partial charge in [0.05, 0.1) is 6.10 Å². The van der Waals surface area contributed by atoms with Crippen molar-refractivity contribution in [2.75, 3.05) is 25.0 Å². The van der Waals surface area contributed by atoms with Gasteiger partial charge in [-0.25, -0.2) is 4.98 Å². The van der Waals surface area contributed by atoms with Crippen molar-refractivity contribution in [3.05, 3.63) is 22.8 Å². The van der Waals surface area contributed by atoms with Crippen molar-refractivity contribution < 1.29 is 9.90 Å². The normalized spacial score (nSPS) is 16.5. The standard InChI is InChI=1S/C13H18ClN3O2/c1-2-15-12-8-9(7-11(14)16-12)13(19)17-5-3-10(18)4-6-17/h7-8,10,18H,2-6H2,1H3,(H,15,16). The number of carbonyl (C=O) groups is 1. The molecular formula is C13H18ClN3O2. The van der Waals surface area contributed by atoms with Crippen LogP contribution in [0.1, 0.15) is 30.1 Å². The third-order valence-electron chi connectivity index (χ3n) is 3.15. The first-order chi connectivity index (χ1) is 9.10. The summed E-state index contributed by atoms with van der Waals surface area (Å²) in [5, 5.41) is 12.8. The summed E-state index contributed by atoms with van der Waals surface area (Å²) < 4.78 is 0. The number of likely N-dealkylation sites (tertiary alicyclic amines) is 1. The molecule has 5 nitrogen and oxygen atoms in total. The van der Waals surface area contributed by atoms with Crippen molar-refractivity contribution in [2.24, 2.45) is 0 Å². The second kappa shape index (κ2) is 6.21. The highest BCUT2D eigenvalue weighted by Gasteiger charge is 2.22. The highest BCUT2D eigenvalue weighted by Crippen LogP contribution is 2.18. The smallest absolute Gasteiger partial charge is 0.254 e. The Balaban J connectivity index is 2.14. The summed E-state index contributed by atoms with van der Waals surface area (Å²) in [6.07, 6.45) is 0.970. The Bertz CT molecular complexity index is 459. The lowest BCUT2D eigenvalue weighted by Gasteiger charge is -2.29. The third kappa shape index (κ3) is 3.58. The molecule has 0 aliphatic carbocycles. The number of pyridine rings is 1. The van der Waals surface area contributed by atoms with Crippen molar-refractivity contribution >= 4 is 23.3 Å². The fraction of sp³-hybridized carbons (Fsp3) is 0.538. The van der Waals surface area contributed by atoms with E-state index < -0.39 is 0 Å². The molecule has 6 heteroatoms. The van der Waals surface area contributed by atoms with E-state index in [2.05, 4.69) is 10.3 Å². The molecular weight excluding hydrogens is 266 g/mol. The highest BCUT2D eigenvalue weighted by molar-refractivity contribution is 6.29. The molecule has 2 heterocycles. The van der Waals surface area contributed by atoms with Gasteiger partial charge >= 0.3 is 0 Å². The van der Waals surface area contributed by atoms with Crippen LogP contribution in [0.3, 0.4) is 0 Å². The van der Waals surface area contributed by atoms with Gasteiger partial charge < -0.3 is 15.3 Å². The maximum absolute atomic E-state index is 12.3. The van der Waals surface area contributed by atoms with Gasteiger partial charge in [-0.05, 0) is 31.9 Å². The van der Waals surface area contributed by atoms with E-state index >= 15 is 0 Å². The van der Waals surface area contributed by atoms with Gasteiger partial charge in [-0.3, -0.25) is 4.79 Å². The van der Waals surface area contributed by atoms with Crippen LogP contribution in [0.15, 0.2) is 12.1 Å². The van der Waals surface area contributed by atoms with E-state index in [0.717, 1.165) is 6.54 Å². The van der Waals surface area contributed by atoms with E-state index in [1.165, 1.54) is 0 Å². The lowest BCUT2D eigenvalue weighted by Crippen LogP contribution is -2.40. The van der Waals surface area contributed by atoms with Gasteiger partial charge in [-0.1, -0.05) is 11.6 Å². The van der Waals surface area contributed by atoms with E-state index in [1.54, 1.807) is 17.0 Å². The number of nitrogens with zero attached hydrogens (tertiary/aromatic N) is 2. The molecule has 0 radical (unpaired) electrons. The van der Waals surface area contributed by atoms with Crippen LogP contribution in [0.4, 0.5) is 5.82 Å². The number of aromatic nitrogens is 1. The molecule has 1 aromatic heterocycles. The van der Waals surface area contributed by atoms with Crippen LogP contribution in [0.2, 0.25) is 5.15 Å². The minimum atomic E-state index is -0.289. The van der Waals surface area contributed by atoms with Crippen molar-refractivity contribution in [3.63, 3.8) is 0 Å². The Hall–Kier alpha value is -1.33. The molecule has 0 unspecified atom stereocenters. The molecule has 1 amide bonds. The maximum Gasteiger partial charge on any atom is 0.254 e. The van der Waals surface area contributed by atoms with Gasteiger partial charge in [0.1, 0.15) is 11.0 Å². The lowest BCUT2D eigenvalue weighted by molar-refractivity contribution is 0.0546. The van der Waals surface area contributed by atoms with Gasteiger partial charge in [0.15, 0.2) is 0 Å². The Kier molecular flexibility index (Phi) is 4.61. The average molecular weight is 284 g/mol. The molecule has 2 N–H and O–H groups in total. The zero-order valence-corrected chi connectivity index (χ0v) is 11.7. The number of amides is 1. The van der Waals surface area contributed by atoms with E-state index in [9.17, 15) is 9.90 Å². The van der Waals surface area contributed by atoms with Crippen LogP contribution in [0, 0.1) is 0 Å². The van der Waals surface area contributed by atoms with Crippen LogP contribution >= 0.6 is 11.6 Å². The maximum atomic E-state index is 12.3. The molecule has 1 aromatic rings. The first-order valence-electron chi connectivity index (χ1n) is 6.49. The number of anilines is 1. The SMILES string of the molecule is CCNc1cc(C(=O)N2CCC(O)CC2)cc(Cl)n1. The molecule has 0 bridgehead atoms. The third-order valence-corrected chi connectivity index (χ3v) is 3.34. The molecule has 1 saturated heterocycles. The lowest BCUT2D eigenvalue weighted by atomic mass is 10.1. The van der Waals surface area contributed by atoms with Crippen LogP contribution in [-0.4, -0.2) is 46.6 Å². The van der Waals surface area contributed by atoms with E-state index in [4.69, 9.17) is 11.6 Å². The van der Waals surface area contributed by atoms with Crippen LogP contribution in [-0.2, 0) is 0 Å². The number of nitrogens with one attached hydrogen (secondary N) is 1. The van der Waals surface area contributed by atoms with Gasteiger partial charge in [0.25, 0.3) is 5.91 Å². The van der Waals surface area contributed by atoms with Crippen molar-refractivity contribution in [3.8, 4) is 0 Å². The number of halogens is 1. The minimum Gasteiger partial charge on any atom is -0.393 e. The second-order valence-corrected chi connectivity index (χ2v) is 5.00. The van der Waals surface area contributed by atoms with Crippen LogP contribution in [0.25, 0.3) is 0 Å². The van der Waals surface area contributed by atoms with Gasteiger partial charge in [0, 0.05) is 25.2 Å². The molecule has 19 heavy (non-hydrogen) atoms. The molecule has 0 saturated carbocycles. The number of aliphatic hydroxyl groups is 1. The quantitative estimate of drug-likeness (QED) is 0.830. The van der Waals surface area contributed by atoms with Gasteiger partial charge in [0.2, 0.25) is 0 Å². The zero-order chi connectivity index (χ0) is 13.8. The van der Waals surface area contributed by atoms with E-state index in [-0.39, 0.29) is 12.0 Å². The molecule has 104 valence electrons. The Morgan fingerprint density at radius 1 is 1.53 bits per heavy atom. The fourth-order valence-corrected chi connectivity index (χ4v) is 2.35. The molecule has 1 aliphatic heterocycles. The van der Waals surface area contributed by atoms with E-state index in [0.29, 0.717) is 42.5 Å². The number of aliphatic hydroxyl groups excluding tert-OH is 1.